The van der Waals surface area contributed by atoms with Crippen LogP contribution in [0.2, 0.25) is 0 Å². The van der Waals surface area contributed by atoms with Gasteiger partial charge in [-0.05, 0) is 11.8 Å². The van der Waals surface area contributed by atoms with Crippen LogP contribution >= 0.6 is 0 Å². The van der Waals surface area contributed by atoms with E-state index < -0.39 is 11.6 Å². The van der Waals surface area contributed by atoms with Gasteiger partial charge in [0.05, 0.1) is 5.69 Å². The molecule has 0 aliphatic rings. The molecule has 78 valence electrons. The Kier molecular flexibility index (Phi) is 3.19. The lowest BCUT2D eigenvalue weighted by atomic mass is 10.0. The van der Waals surface area contributed by atoms with Crippen LogP contribution in [0.25, 0.3) is 0 Å². The van der Waals surface area contributed by atoms with Crippen molar-refractivity contribution in [3.8, 4) is 0 Å². The highest BCUT2D eigenvalue weighted by atomic mass is 19.2. The molecule has 1 heterocycles. The molecule has 0 N–H and O–H groups in total. The van der Waals surface area contributed by atoms with Crippen molar-refractivity contribution in [2.45, 2.75) is 39.5 Å². The molecule has 0 spiro atoms. The molecule has 0 fully saturated rings. The predicted octanol–water partition coefficient (Wildman–Crippen LogP) is 3.61. The fraction of sp³-hybridized carbons (Fsp3) is 0.545. The van der Waals surface area contributed by atoms with E-state index in [9.17, 15) is 8.78 Å². The second kappa shape index (κ2) is 4.03. The molecule has 0 bridgehead atoms. The molecule has 0 unspecified atom stereocenters. The van der Waals surface area contributed by atoms with Gasteiger partial charge in [0.15, 0.2) is 11.6 Å². The van der Waals surface area contributed by atoms with Gasteiger partial charge in [-0.15, -0.1) is 0 Å². The van der Waals surface area contributed by atoms with Gasteiger partial charge in [-0.3, -0.25) is 4.98 Å². The Hall–Kier alpha value is -0.990. The van der Waals surface area contributed by atoms with Crippen molar-refractivity contribution < 1.29 is 8.78 Å². The van der Waals surface area contributed by atoms with Gasteiger partial charge in [-0.1, -0.05) is 27.7 Å². The van der Waals surface area contributed by atoms with Crippen LogP contribution in [-0.4, -0.2) is 4.98 Å². The monoisotopic (exact) mass is 199 g/mol. The summed E-state index contributed by atoms with van der Waals surface area (Å²) in [5.41, 5.74) is 0.541. The summed E-state index contributed by atoms with van der Waals surface area (Å²) < 4.78 is 26.9. The number of hydrogen-bond donors (Lipinski definition) is 0. The fourth-order valence-electron chi connectivity index (χ4n) is 1.30. The largest absolute Gasteiger partial charge is 0.257 e. The Bertz CT molecular complexity index is 299. The van der Waals surface area contributed by atoms with Gasteiger partial charge in [0.2, 0.25) is 0 Å². The first-order valence-electron chi connectivity index (χ1n) is 4.79. The minimum absolute atomic E-state index is 0.0433. The van der Waals surface area contributed by atoms with E-state index in [2.05, 4.69) is 4.98 Å². The van der Waals surface area contributed by atoms with Crippen LogP contribution < -0.4 is 0 Å². The smallest absolute Gasteiger partial charge is 0.180 e. The maximum Gasteiger partial charge on any atom is 0.180 e. The Morgan fingerprint density at radius 1 is 1.00 bits per heavy atom. The number of rotatable bonds is 2. The van der Waals surface area contributed by atoms with E-state index in [0.717, 1.165) is 0 Å². The van der Waals surface area contributed by atoms with Crippen LogP contribution in [-0.2, 0) is 0 Å². The first-order valence-corrected chi connectivity index (χ1v) is 4.79. The van der Waals surface area contributed by atoms with Gasteiger partial charge in [-0.2, -0.15) is 0 Å². The lowest BCUT2D eigenvalue weighted by molar-refractivity contribution is 0.471. The molecule has 1 nitrogen and oxygen atoms in total. The SMILES string of the molecule is CC(C)c1cnc(C(C)C)c(F)c1F. The van der Waals surface area contributed by atoms with E-state index in [4.69, 9.17) is 0 Å². The number of pyridine rings is 1. The van der Waals surface area contributed by atoms with Crippen molar-refractivity contribution in [2.24, 2.45) is 0 Å². The van der Waals surface area contributed by atoms with Crippen LogP contribution in [0.3, 0.4) is 0 Å². The summed E-state index contributed by atoms with van der Waals surface area (Å²) in [5, 5.41) is 0. The van der Waals surface area contributed by atoms with Crippen molar-refractivity contribution in [3.05, 3.63) is 29.1 Å². The van der Waals surface area contributed by atoms with E-state index in [1.165, 1.54) is 6.20 Å². The molecule has 0 aliphatic heterocycles. The second-order valence-electron chi connectivity index (χ2n) is 4.04. The Labute approximate surface area is 83.2 Å². The predicted molar refractivity (Wildman–Crippen MR) is 52.3 cm³/mol. The van der Waals surface area contributed by atoms with Crippen molar-refractivity contribution in [2.75, 3.05) is 0 Å². The van der Waals surface area contributed by atoms with Gasteiger partial charge in [0, 0.05) is 11.8 Å². The van der Waals surface area contributed by atoms with E-state index in [-0.39, 0.29) is 17.5 Å². The summed E-state index contributed by atoms with van der Waals surface area (Å²) in [6.45, 7) is 7.21. The lowest BCUT2D eigenvalue weighted by Gasteiger charge is -2.11. The molecule has 0 aliphatic carbocycles. The molecule has 0 saturated carbocycles. The lowest BCUT2D eigenvalue weighted by Crippen LogP contribution is -2.05. The summed E-state index contributed by atoms with van der Waals surface area (Å²) in [6, 6.07) is 0. The zero-order valence-corrected chi connectivity index (χ0v) is 8.94. The molecular weight excluding hydrogens is 184 g/mol. The third kappa shape index (κ3) is 1.91. The second-order valence-corrected chi connectivity index (χ2v) is 4.04. The van der Waals surface area contributed by atoms with Gasteiger partial charge in [-0.25, -0.2) is 8.78 Å². The molecule has 3 heteroatoms. The van der Waals surface area contributed by atoms with Crippen molar-refractivity contribution in [1.29, 1.82) is 0 Å². The standard InChI is InChI=1S/C11H15F2N/c1-6(2)8-5-14-11(7(3)4)10(13)9(8)12/h5-7H,1-4H3. The molecular formula is C11H15F2N. The van der Waals surface area contributed by atoms with E-state index in [1.54, 1.807) is 13.8 Å². The number of halogens is 2. The molecule has 1 aromatic rings. The topological polar surface area (TPSA) is 12.9 Å². The van der Waals surface area contributed by atoms with Crippen LogP contribution in [0.1, 0.15) is 50.8 Å². The number of nitrogens with zero attached hydrogens (tertiary/aromatic N) is 1. The summed E-state index contributed by atoms with van der Waals surface area (Å²) in [4.78, 5) is 3.94. The molecule has 0 saturated heterocycles. The summed E-state index contributed by atoms with van der Waals surface area (Å²) in [5.74, 6) is -1.69. The van der Waals surface area contributed by atoms with E-state index in [1.807, 2.05) is 13.8 Å². The summed E-state index contributed by atoms with van der Waals surface area (Å²) in [7, 11) is 0. The molecule has 0 atom stereocenters. The highest BCUT2D eigenvalue weighted by molar-refractivity contribution is 5.23. The number of hydrogen-bond acceptors (Lipinski definition) is 1. The normalized spacial score (nSPS) is 11.4. The van der Waals surface area contributed by atoms with Crippen LogP contribution in [0.4, 0.5) is 8.78 Å². The minimum atomic E-state index is -0.800. The minimum Gasteiger partial charge on any atom is -0.257 e. The van der Waals surface area contributed by atoms with Crippen LogP contribution in [0.15, 0.2) is 6.20 Å². The van der Waals surface area contributed by atoms with Gasteiger partial charge in [0.1, 0.15) is 0 Å². The van der Waals surface area contributed by atoms with Gasteiger partial charge >= 0.3 is 0 Å². The van der Waals surface area contributed by atoms with Crippen LogP contribution in [0, 0.1) is 11.6 Å². The summed E-state index contributed by atoms with van der Waals surface area (Å²) >= 11 is 0. The van der Waals surface area contributed by atoms with Crippen molar-refractivity contribution in [1.82, 2.24) is 4.98 Å². The Morgan fingerprint density at radius 3 is 2.00 bits per heavy atom. The average Bonchev–Trinajstić information content (AvgIpc) is 2.08. The first kappa shape index (κ1) is 11.1. The summed E-state index contributed by atoms with van der Waals surface area (Å²) in [6.07, 6.45) is 1.43. The quantitative estimate of drug-likeness (QED) is 0.709. The Morgan fingerprint density at radius 2 is 1.57 bits per heavy atom. The highest BCUT2D eigenvalue weighted by Gasteiger charge is 2.18. The molecule has 1 rings (SSSR count). The van der Waals surface area contributed by atoms with Crippen molar-refractivity contribution in [3.63, 3.8) is 0 Å². The third-order valence-corrected chi connectivity index (χ3v) is 2.18. The van der Waals surface area contributed by atoms with E-state index in [0.29, 0.717) is 5.56 Å². The Balaban J connectivity index is 3.26. The fourth-order valence-corrected chi connectivity index (χ4v) is 1.30. The van der Waals surface area contributed by atoms with Crippen LogP contribution in [0.5, 0.6) is 0 Å². The molecule has 0 amide bonds. The van der Waals surface area contributed by atoms with Crippen molar-refractivity contribution >= 4 is 0 Å². The molecule has 0 radical (unpaired) electrons. The molecule has 14 heavy (non-hydrogen) atoms. The molecule has 0 aromatic carbocycles. The highest BCUT2D eigenvalue weighted by Crippen LogP contribution is 2.24. The van der Waals surface area contributed by atoms with E-state index >= 15 is 0 Å². The number of aromatic nitrogens is 1. The average molecular weight is 199 g/mol. The van der Waals surface area contributed by atoms with Gasteiger partial charge < -0.3 is 0 Å². The third-order valence-electron chi connectivity index (χ3n) is 2.18. The first-order chi connectivity index (χ1) is 6.45. The maximum atomic E-state index is 13.5. The zero-order valence-electron chi connectivity index (χ0n) is 8.94. The molecule has 1 aromatic heterocycles. The maximum absolute atomic E-state index is 13.5. The zero-order chi connectivity index (χ0) is 10.9. The van der Waals surface area contributed by atoms with Gasteiger partial charge in [0.25, 0.3) is 0 Å².